The molecule has 41 heavy (non-hydrogen) atoms. The number of nitrogens with zero attached hydrogens (tertiary/aromatic N) is 4. The predicted octanol–water partition coefficient (Wildman–Crippen LogP) is 6.10. The van der Waals surface area contributed by atoms with Crippen molar-refractivity contribution < 1.29 is 19.4 Å². The molecular formula is C33H26N4O4. The molecule has 202 valence electrons. The normalized spacial score (nSPS) is 13.9. The van der Waals surface area contributed by atoms with Gasteiger partial charge in [-0.1, -0.05) is 60.7 Å². The summed E-state index contributed by atoms with van der Waals surface area (Å²) < 4.78 is 12.0. The zero-order valence-electron chi connectivity index (χ0n) is 22.4. The van der Waals surface area contributed by atoms with Gasteiger partial charge in [-0.2, -0.15) is 15.2 Å². The number of hydrogen-bond acceptors (Lipinski definition) is 6. The number of carbonyl (C=O) groups is 1. The van der Waals surface area contributed by atoms with E-state index in [1.807, 2.05) is 60.7 Å². The number of amides is 1. The summed E-state index contributed by atoms with van der Waals surface area (Å²) in [6.07, 6.45) is 1.67. The van der Waals surface area contributed by atoms with E-state index in [2.05, 4.69) is 0 Å². The van der Waals surface area contributed by atoms with Gasteiger partial charge in [-0.3, -0.25) is 4.79 Å². The summed E-state index contributed by atoms with van der Waals surface area (Å²) in [7, 11) is 3.18. The van der Waals surface area contributed by atoms with E-state index < -0.39 is 0 Å². The molecule has 1 aliphatic heterocycles. The molecule has 0 saturated carbocycles. The molecule has 4 aromatic carbocycles. The van der Waals surface area contributed by atoms with Crippen molar-refractivity contribution in [1.82, 2.24) is 9.78 Å². The van der Waals surface area contributed by atoms with Crippen molar-refractivity contribution in [2.24, 2.45) is 5.10 Å². The minimum Gasteiger partial charge on any atom is -0.497 e. The number of benzene rings is 4. The number of ether oxygens (including phenoxy) is 2. The summed E-state index contributed by atoms with van der Waals surface area (Å²) in [6.45, 7) is 0. The number of carbonyl (C=O) groups excluding carboxylic acids is 1. The van der Waals surface area contributed by atoms with Gasteiger partial charge in [-0.05, 0) is 54.6 Å². The van der Waals surface area contributed by atoms with E-state index in [1.54, 1.807) is 68.8 Å². The van der Waals surface area contributed by atoms with Gasteiger partial charge in [0.1, 0.15) is 22.9 Å². The number of hydrazone groups is 1. The van der Waals surface area contributed by atoms with Gasteiger partial charge in [0.2, 0.25) is 5.88 Å². The van der Waals surface area contributed by atoms with Crippen LogP contribution in [0.25, 0.3) is 23.0 Å². The van der Waals surface area contributed by atoms with E-state index in [0.29, 0.717) is 45.4 Å². The van der Waals surface area contributed by atoms with Gasteiger partial charge < -0.3 is 14.6 Å². The Morgan fingerprint density at radius 2 is 1.24 bits per heavy atom. The van der Waals surface area contributed by atoms with Crippen molar-refractivity contribution >= 4 is 23.4 Å². The molecule has 5 aromatic rings. The van der Waals surface area contributed by atoms with E-state index in [1.165, 1.54) is 9.69 Å². The molecule has 2 heterocycles. The van der Waals surface area contributed by atoms with Crippen LogP contribution < -0.4 is 14.5 Å². The van der Waals surface area contributed by atoms with E-state index in [-0.39, 0.29) is 11.8 Å². The maximum absolute atomic E-state index is 13.9. The molecule has 0 atom stereocenters. The van der Waals surface area contributed by atoms with Crippen LogP contribution in [0.4, 0.5) is 5.69 Å². The van der Waals surface area contributed by atoms with Crippen LogP contribution in [-0.2, 0) is 4.79 Å². The number of methoxy groups -OCH3 is 2. The number of aromatic hydroxyl groups is 1. The standard InChI is InChI=1S/C33H26N4O4/c1-40-26-17-13-24(14-18-26)36-32(38)28(30(34-36)22-9-5-3-6-10-22)21-29-31(23-11-7-4-8-12-23)35-37(33(29)39)25-15-19-27(41-2)20-16-25/h3-21,38H,1-2H3/b29-21-. The first-order chi connectivity index (χ1) is 20.1. The summed E-state index contributed by atoms with van der Waals surface area (Å²) in [6, 6.07) is 33.3. The summed E-state index contributed by atoms with van der Waals surface area (Å²) >= 11 is 0. The van der Waals surface area contributed by atoms with E-state index in [9.17, 15) is 9.90 Å². The van der Waals surface area contributed by atoms with Crippen LogP contribution in [-0.4, -0.2) is 40.7 Å². The van der Waals surface area contributed by atoms with Crippen molar-refractivity contribution in [2.45, 2.75) is 0 Å². The maximum atomic E-state index is 13.9. The second kappa shape index (κ2) is 10.9. The lowest BCUT2D eigenvalue weighted by atomic mass is 9.99. The molecule has 6 rings (SSSR count). The quantitative estimate of drug-likeness (QED) is 0.251. The van der Waals surface area contributed by atoms with E-state index >= 15 is 0 Å². The van der Waals surface area contributed by atoms with Crippen molar-refractivity contribution in [3.8, 4) is 34.3 Å². The van der Waals surface area contributed by atoms with Gasteiger partial charge in [-0.25, -0.2) is 4.68 Å². The second-order valence-corrected chi connectivity index (χ2v) is 9.25. The fraction of sp³-hybridized carbons (Fsp3) is 0.0606. The Balaban J connectivity index is 1.52. The van der Waals surface area contributed by atoms with Crippen molar-refractivity contribution in [3.05, 3.63) is 126 Å². The van der Waals surface area contributed by atoms with Gasteiger partial charge in [0.25, 0.3) is 5.91 Å². The van der Waals surface area contributed by atoms with Crippen molar-refractivity contribution in [2.75, 3.05) is 19.2 Å². The Morgan fingerprint density at radius 1 is 0.707 bits per heavy atom. The van der Waals surface area contributed by atoms with Crippen LogP contribution in [0.2, 0.25) is 0 Å². The molecule has 1 amide bonds. The fourth-order valence-corrected chi connectivity index (χ4v) is 4.66. The lowest BCUT2D eigenvalue weighted by molar-refractivity contribution is -0.114. The third kappa shape index (κ3) is 4.83. The first-order valence-electron chi connectivity index (χ1n) is 12.9. The summed E-state index contributed by atoms with van der Waals surface area (Å²) in [4.78, 5) is 13.9. The number of hydrogen-bond donors (Lipinski definition) is 1. The Morgan fingerprint density at radius 3 is 1.80 bits per heavy atom. The lowest BCUT2D eigenvalue weighted by Crippen LogP contribution is -2.21. The highest BCUT2D eigenvalue weighted by Crippen LogP contribution is 2.36. The lowest BCUT2D eigenvalue weighted by Gasteiger charge is -2.12. The minimum absolute atomic E-state index is 0.107. The van der Waals surface area contributed by atoms with E-state index in [4.69, 9.17) is 19.7 Å². The predicted molar refractivity (Wildman–Crippen MR) is 159 cm³/mol. The Kier molecular flexibility index (Phi) is 6.79. The summed E-state index contributed by atoms with van der Waals surface area (Å²) in [5, 5.41) is 22.4. The average molecular weight is 543 g/mol. The second-order valence-electron chi connectivity index (χ2n) is 9.25. The third-order valence-electron chi connectivity index (χ3n) is 6.79. The number of rotatable bonds is 7. The minimum atomic E-state index is -0.329. The highest BCUT2D eigenvalue weighted by molar-refractivity contribution is 6.37. The topological polar surface area (TPSA) is 89.2 Å². The Hall–Kier alpha value is -5.63. The highest BCUT2D eigenvalue weighted by Gasteiger charge is 2.33. The average Bonchev–Trinajstić information content (AvgIpc) is 3.54. The van der Waals surface area contributed by atoms with Crippen LogP contribution in [0.3, 0.4) is 0 Å². The smallest absolute Gasteiger partial charge is 0.281 e. The fourth-order valence-electron chi connectivity index (χ4n) is 4.66. The van der Waals surface area contributed by atoms with Crippen LogP contribution >= 0.6 is 0 Å². The summed E-state index contributed by atoms with van der Waals surface area (Å²) in [5.74, 6) is 0.922. The Labute approximate surface area is 237 Å². The number of anilines is 1. The van der Waals surface area contributed by atoms with Crippen LogP contribution in [0.1, 0.15) is 11.1 Å². The molecule has 0 radical (unpaired) electrons. The largest absolute Gasteiger partial charge is 0.497 e. The molecule has 0 saturated heterocycles. The SMILES string of the molecule is COc1ccc(N2N=C(c3ccccc3)/C(=C/c3c(-c4ccccc4)nn(-c4ccc(OC)cc4)c3O)C2=O)cc1. The zero-order chi connectivity index (χ0) is 28.3. The van der Waals surface area contributed by atoms with Gasteiger partial charge in [0.05, 0.1) is 36.7 Å². The summed E-state index contributed by atoms with van der Waals surface area (Å²) in [5.41, 5.74) is 4.53. The molecular weight excluding hydrogens is 516 g/mol. The van der Waals surface area contributed by atoms with Gasteiger partial charge in [0.15, 0.2) is 0 Å². The van der Waals surface area contributed by atoms with Crippen LogP contribution in [0, 0.1) is 0 Å². The van der Waals surface area contributed by atoms with Gasteiger partial charge in [-0.15, -0.1) is 0 Å². The molecule has 1 aromatic heterocycles. The molecule has 8 nitrogen and oxygen atoms in total. The van der Waals surface area contributed by atoms with E-state index in [0.717, 1.165) is 11.1 Å². The van der Waals surface area contributed by atoms with Gasteiger partial charge in [0, 0.05) is 11.1 Å². The first-order valence-corrected chi connectivity index (χ1v) is 12.9. The van der Waals surface area contributed by atoms with Crippen molar-refractivity contribution in [3.63, 3.8) is 0 Å². The number of aromatic nitrogens is 2. The third-order valence-corrected chi connectivity index (χ3v) is 6.79. The zero-order valence-corrected chi connectivity index (χ0v) is 22.4. The van der Waals surface area contributed by atoms with Crippen LogP contribution in [0.15, 0.2) is 120 Å². The maximum Gasteiger partial charge on any atom is 0.281 e. The molecule has 0 fully saturated rings. The molecule has 1 N–H and O–H groups in total. The molecule has 0 aliphatic carbocycles. The molecule has 0 unspecified atom stereocenters. The van der Waals surface area contributed by atoms with Crippen LogP contribution in [0.5, 0.6) is 17.4 Å². The molecule has 8 heteroatoms. The molecule has 1 aliphatic rings. The highest BCUT2D eigenvalue weighted by atomic mass is 16.5. The van der Waals surface area contributed by atoms with Crippen molar-refractivity contribution in [1.29, 1.82) is 0 Å². The first kappa shape index (κ1) is 25.6. The Bertz CT molecular complexity index is 1760. The molecule has 0 spiro atoms. The monoisotopic (exact) mass is 542 g/mol. The molecule has 0 bridgehead atoms. The van der Waals surface area contributed by atoms with Gasteiger partial charge >= 0.3 is 0 Å².